The molecule has 1 heterocycles. The van der Waals surface area contributed by atoms with Crippen LogP contribution in [0.4, 0.5) is 5.69 Å². The summed E-state index contributed by atoms with van der Waals surface area (Å²) < 4.78 is 1.84. The van der Waals surface area contributed by atoms with Crippen molar-refractivity contribution in [2.45, 2.75) is 19.9 Å². The molecule has 110 valence electrons. The highest BCUT2D eigenvalue weighted by Crippen LogP contribution is 2.38. The molecule has 0 saturated heterocycles. The summed E-state index contributed by atoms with van der Waals surface area (Å²) in [7, 11) is 0. The number of fused-ring (bicyclic) bond motifs is 1. The van der Waals surface area contributed by atoms with Crippen LogP contribution in [0, 0.1) is 0 Å². The number of nitrogens with zero attached hydrogens (tertiary/aromatic N) is 3. The molecule has 0 aliphatic rings. The minimum Gasteiger partial charge on any atom is -0.493 e. The Morgan fingerprint density at radius 3 is 2.95 bits per heavy atom. The monoisotopic (exact) mass is 302 g/mol. The van der Waals surface area contributed by atoms with Gasteiger partial charge in [0.2, 0.25) is 11.0 Å². The molecular formula is C15H18N4OS. The van der Waals surface area contributed by atoms with Crippen LogP contribution < -0.4 is 5.32 Å². The van der Waals surface area contributed by atoms with Gasteiger partial charge in [-0.3, -0.25) is 0 Å². The average Bonchev–Trinajstić information content (AvgIpc) is 2.76. The number of thiocarbonyl (C=S) groups is 1. The van der Waals surface area contributed by atoms with Crippen LogP contribution in [0.2, 0.25) is 0 Å². The normalized spacial score (nSPS) is 11.1. The number of aromatic nitrogens is 1. The smallest absolute Gasteiger partial charge is 0.220 e. The standard InChI is InChI=1S/C15H18N4OS/c1-3-9-16-15(21)18-17-13-11-7-5-6-8-12(11)19(10-4-2)14(13)20/h3,5-8,20H,1,4,9-10H2,2H3,(H,16,21). The molecule has 0 atom stereocenters. The van der Waals surface area contributed by atoms with E-state index in [0.29, 0.717) is 12.2 Å². The van der Waals surface area contributed by atoms with E-state index in [1.54, 1.807) is 6.08 Å². The number of aromatic hydroxyl groups is 1. The van der Waals surface area contributed by atoms with Gasteiger partial charge in [0.25, 0.3) is 0 Å². The molecule has 5 nitrogen and oxygen atoms in total. The van der Waals surface area contributed by atoms with Crippen LogP contribution in [0.5, 0.6) is 5.88 Å². The van der Waals surface area contributed by atoms with Crippen LogP contribution in [0.1, 0.15) is 13.3 Å². The second-order valence-corrected chi connectivity index (χ2v) is 4.90. The Morgan fingerprint density at radius 1 is 1.48 bits per heavy atom. The minimum absolute atomic E-state index is 0.119. The van der Waals surface area contributed by atoms with Gasteiger partial charge in [-0.2, -0.15) is 0 Å². The number of aryl methyl sites for hydroxylation is 1. The first-order valence-electron chi connectivity index (χ1n) is 6.79. The Kier molecular flexibility index (Phi) is 5.05. The molecule has 2 aromatic rings. The maximum Gasteiger partial charge on any atom is 0.220 e. The minimum atomic E-state index is 0.119. The molecule has 0 unspecified atom stereocenters. The Labute approximate surface area is 129 Å². The van der Waals surface area contributed by atoms with Gasteiger partial charge in [0.15, 0.2) is 5.69 Å². The molecule has 2 N–H and O–H groups in total. The quantitative estimate of drug-likeness (QED) is 0.500. The van der Waals surface area contributed by atoms with Crippen molar-refractivity contribution in [3.63, 3.8) is 0 Å². The van der Waals surface area contributed by atoms with E-state index in [9.17, 15) is 5.11 Å². The van der Waals surface area contributed by atoms with Crippen LogP contribution in [0.15, 0.2) is 47.1 Å². The van der Waals surface area contributed by atoms with E-state index in [2.05, 4.69) is 29.0 Å². The van der Waals surface area contributed by atoms with Crippen molar-refractivity contribution in [2.24, 2.45) is 10.2 Å². The highest BCUT2D eigenvalue weighted by Gasteiger charge is 2.15. The van der Waals surface area contributed by atoms with E-state index >= 15 is 0 Å². The summed E-state index contributed by atoms with van der Waals surface area (Å²) in [4.78, 5) is 0. The third-order valence-electron chi connectivity index (χ3n) is 3.00. The molecule has 0 saturated carbocycles. The molecule has 1 aromatic heterocycles. The summed E-state index contributed by atoms with van der Waals surface area (Å²) in [5.74, 6) is 0.119. The maximum atomic E-state index is 10.4. The molecule has 0 radical (unpaired) electrons. The molecule has 1 aromatic carbocycles. The van der Waals surface area contributed by atoms with Gasteiger partial charge in [0.05, 0.1) is 5.52 Å². The van der Waals surface area contributed by atoms with Gasteiger partial charge in [-0.25, -0.2) is 0 Å². The fraction of sp³-hybridized carbons (Fsp3) is 0.267. The van der Waals surface area contributed by atoms with Gasteiger partial charge in [0, 0.05) is 18.5 Å². The van der Waals surface area contributed by atoms with E-state index < -0.39 is 0 Å². The Balaban J connectivity index is 2.39. The Bertz CT molecular complexity index is 690. The lowest BCUT2D eigenvalue weighted by molar-refractivity contribution is 0.421. The van der Waals surface area contributed by atoms with Crippen molar-refractivity contribution in [1.29, 1.82) is 0 Å². The molecular weight excluding hydrogens is 284 g/mol. The Hall–Kier alpha value is -2.21. The van der Waals surface area contributed by atoms with Crippen molar-refractivity contribution in [2.75, 3.05) is 6.54 Å². The van der Waals surface area contributed by atoms with Crippen LogP contribution in [0.25, 0.3) is 10.9 Å². The van der Waals surface area contributed by atoms with Crippen molar-refractivity contribution >= 4 is 33.9 Å². The molecule has 0 spiro atoms. The van der Waals surface area contributed by atoms with Crippen LogP contribution in [-0.2, 0) is 6.54 Å². The average molecular weight is 302 g/mol. The summed E-state index contributed by atoms with van der Waals surface area (Å²) in [6, 6.07) is 7.71. The number of rotatable bonds is 5. The van der Waals surface area contributed by atoms with Gasteiger partial charge in [-0.15, -0.1) is 16.8 Å². The van der Waals surface area contributed by atoms with Crippen molar-refractivity contribution in [3.05, 3.63) is 36.9 Å². The van der Waals surface area contributed by atoms with E-state index in [1.165, 1.54) is 0 Å². The lowest BCUT2D eigenvalue weighted by Crippen LogP contribution is -2.18. The van der Waals surface area contributed by atoms with E-state index in [1.807, 2.05) is 28.8 Å². The van der Waals surface area contributed by atoms with Gasteiger partial charge >= 0.3 is 0 Å². The molecule has 0 aliphatic heterocycles. The van der Waals surface area contributed by atoms with Gasteiger partial charge in [0.1, 0.15) is 0 Å². The zero-order chi connectivity index (χ0) is 15.2. The lowest BCUT2D eigenvalue weighted by atomic mass is 10.2. The van der Waals surface area contributed by atoms with Crippen molar-refractivity contribution in [3.8, 4) is 5.88 Å². The molecule has 0 aliphatic carbocycles. The number of nitrogens with one attached hydrogen (secondary N) is 1. The number of benzene rings is 1. The largest absolute Gasteiger partial charge is 0.493 e. The molecule has 0 bridgehead atoms. The Morgan fingerprint density at radius 2 is 2.24 bits per heavy atom. The van der Waals surface area contributed by atoms with Crippen LogP contribution in [0.3, 0.4) is 0 Å². The molecule has 0 fully saturated rings. The molecule has 21 heavy (non-hydrogen) atoms. The maximum absolute atomic E-state index is 10.4. The summed E-state index contributed by atoms with van der Waals surface area (Å²) in [5.41, 5.74) is 1.39. The second-order valence-electron chi connectivity index (χ2n) is 4.52. The number of azo groups is 1. The topological polar surface area (TPSA) is 61.9 Å². The van der Waals surface area contributed by atoms with Crippen molar-refractivity contribution < 1.29 is 5.11 Å². The highest BCUT2D eigenvalue weighted by atomic mass is 32.1. The van der Waals surface area contributed by atoms with E-state index in [0.717, 1.165) is 23.9 Å². The number of hydrogen-bond acceptors (Lipinski definition) is 3. The third kappa shape index (κ3) is 3.28. The third-order valence-corrected chi connectivity index (χ3v) is 3.23. The molecule has 6 heteroatoms. The summed E-state index contributed by atoms with van der Waals surface area (Å²) in [6.45, 7) is 6.90. The zero-order valence-corrected chi connectivity index (χ0v) is 12.7. The van der Waals surface area contributed by atoms with E-state index in [-0.39, 0.29) is 11.0 Å². The molecule has 0 amide bonds. The fourth-order valence-corrected chi connectivity index (χ4v) is 2.23. The van der Waals surface area contributed by atoms with Gasteiger partial charge < -0.3 is 15.0 Å². The van der Waals surface area contributed by atoms with Crippen molar-refractivity contribution in [1.82, 2.24) is 9.88 Å². The second kappa shape index (κ2) is 6.99. The SMILES string of the molecule is C=CCNC(=S)N=Nc1c(O)n(CCC)c2ccccc12. The summed E-state index contributed by atoms with van der Waals surface area (Å²) in [5, 5.41) is 22.4. The fourth-order valence-electron chi connectivity index (χ4n) is 2.11. The van der Waals surface area contributed by atoms with Crippen LogP contribution >= 0.6 is 12.2 Å². The molecule has 2 rings (SSSR count). The predicted molar refractivity (Wildman–Crippen MR) is 89.2 cm³/mol. The van der Waals surface area contributed by atoms with Crippen LogP contribution in [-0.4, -0.2) is 21.3 Å². The first kappa shape index (κ1) is 15.2. The number of para-hydroxylation sites is 1. The van der Waals surface area contributed by atoms with E-state index in [4.69, 9.17) is 12.2 Å². The first-order chi connectivity index (χ1) is 10.2. The summed E-state index contributed by atoms with van der Waals surface area (Å²) >= 11 is 5.03. The first-order valence-corrected chi connectivity index (χ1v) is 7.20. The lowest BCUT2D eigenvalue weighted by Gasteiger charge is -2.03. The van der Waals surface area contributed by atoms with Gasteiger partial charge in [-0.1, -0.05) is 31.2 Å². The van der Waals surface area contributed by atoms with Gasteiger partial charge in [-0.05, 0) is 24.7 Å². The summed E-state index contributed by atoms with van der Waals surface area (Å²) in [6.07, 6.45) is 2.61. The predicted octanol–water partition coefficient (Wildman–Crippen LogP) is 3.90. The number of hydrogen-bond donors (Lipinski definition) is 2. The highest BCUT2D eigenvalue weighted by molar-refractivity contribution is 7.80. The zero-order valence-electron chi connectivity index (χ0n) is 11.9.